The molecule has 10 heavy (non-hydrogen) atoms. The van der Waals surface area contributed by atoms with E-state index in [-0.39, 0.29) is 0 Å². The summed E-state index contributed by atoms with van der Waals surface area (Å²) in [4.78, 5) is 4.11. The molecule has 0 aromatic carbocycles. The maximum absolute atomic E-state index is 5.56. The molecule has 1 aromatic rings. The van der Waals surface area contributed by atoms with E-state index < -0.39 is 0 Å². The molecule has 0 aliphatic rings. The lowest BCUT2D eigenvalue weighted by Crippen LogP contribution is -2.08. The topological polar surface area (TPSA) is 38.9 Å². The van der Waals surface area contributed by atoms with E-state index in [0.29, 0.717) is 10.1 Å². The van der Waals surface area contributed by atoms with Crippen molar-refractivity contribution in [3.63, 3.8) is 0 Å². The van der Waals surface area contributed by atoms with Crippen molar-refractivity contribution < 1.29 is 0 Å². The molecule has 0 atom stereocenters. The Balaban J connectivity index is 3.07. The average molecular weight is 173 g/mol. The summed E-state index contributed by atoms with van der Waals surface area (Å²) in [6.45, 7) is 0. The van der Waals surface area contributed by atoms with Gasteiger partial charge >= 0.3 is 0 Å². The number of nitrogens with two attached hydrogens (primary N) is 1. The van der Waals surface area contributed by atoms with Gasteiger partial charge in [-0.1, -0.05) is 23.8 Å². The Hall–Kier alpha value is -0.670. The minimum atomic E-state index is 0.337. The van der Waals surface area contributed by atoms with E-state index in [2.05, 4.69) is 4.98 Å². The smallest absolute Gasteiger partial charge is 0.129 e. The zero-order valence-corrected chi connectivity index (χ0v) is 6.62. The zero-order valence-electron chi connectivity index (χ0n) is 5.04. The number of rotatable bonds is 1. The minimum Gasteiger partial charge on any atom is -0.389 e. The van der Waals surface area contributed by atoms with Gasteiger partial charge in [0, 0.05) is 11.8 Å². The summed E-state index contributed by atoms with van der Waals surface area (Å²) in [7, 11) is 0. The van der Waals surface area contributed by atoms with Crippen LogP contribution >= 0.6 is 23.8 Å². The second-order valence-electron chi connectivity index (χ2n) is 1.73. The molecule has 0 amide bonds. The predicted octanol–water partition coefficient (Wildman–Crippen LogP) is 1.37. The van der Waals surface area contributed by atoms with Gasteiger partial charge in [-0.3, -0.25) is 0 Å². The fraction of sp³-hybridized carbons (Fsp3) is 0. The van der Waals surface area contributed by atoms with Crippen LogP contribution in [0.5, 0.6) is 0 Å². The second kappa shape index (κ2) is 2.94. The number of aromatic nitrogens is 1. The van der Waals surface area contributed by atoms with Crippen molar-refractivity contribution in [1.82, 2.24) is 4.98 Å². The number of hydrogen-bond acceptors (Lipinski definition) is 2. The van der Waals surface area contributed by atoms with Crippen LogP contribution in [-0.2, 0) is 0 Å². The molecule has 0 saturated carbocycles. The van der Waals surface area contributed by atoms with Crippen LogP contribution in [0.3, 0.4) is 0 Å². The standard InChI is InChI=1S/C6H5ClN2S/c7-5-3-4(6(8)10)1-2-9-5/h1-3H,(H2,8,10). The molecule has 0 unspecified atom stereocenters. The first-order valence-corrected chi connectivity index (χ1v) is 3.40. The number of pyridine rings is 1. The summed E-state index contributed by atoms with van der Waals surface area (Å²) in [5, 5.41) is 0.408. The summed E-state index contributed by atoms with van der Waals surface area (Å²) >= 11 is 10.3. The van der Waals surface area contributed by atoms with Gasteiger partial charge in [-0.05, 0) is 12.1 Å². The van der Waals surface area contributed by atoms with Gasteiger partial charge in [0.1, 0.15) is 10.1 Å². The highest BCUT2D eigenvalue weighted by atomic mass is 35.5. The van der Waals surface area contributed by atoms with Crippen LogP contribution in [0, 0.1) is 0 Å². The van der Waals surface area contributed by atoms with Crippen LogP contribution in [0.1, 0.15) is 5.56 Å². The minimum absolute atomic E-state index is 0.337. The lowest BCUT2D eigenvalue weighted by atomic mass is 10.3. The van der Waals surface area contributed by atoms with Crippen LogP contribution in [0.2, 0.25) is 5.15 Å². The molecule has 0 fully saturated rings. The van der Waals surface area contributed by atoms with Gasteiger partial charge in [-0.25, -0.2) is 4.98 Å². The van der Waals surface area contributed by atoms with Crippen LogP contribution in [0.4, 0.5) is 0 Å². The Morgan fingerprint density at radius 1 is 1.70 bits per heavy atom. The van der Waals surface area contributed by atoms with Crippen LogP contribution in [0.25, 0.3) is 0 Å². The van der Waals surface area contributed by atoms with Crippen LogP contribution in [-0.4, -0.2) is 9.97 Å². The molecule has 1 heterocycles. The second-order valence-corrected chi connectivity index (χ2v) is 2.56. The highest BCUT2D eigenvalue weighted by Crippen LogP contribution is 2.05. The first-order valence-electron chi connectivity index (χ1n) is 2.61. The van der Waals surface area contributed by atoms with Gasteiger partial charge < -0.3 is 5.73 Å². The molecule has 0 saturated heterocycles. The Morgan fingerprint density at radius 2 is 2.40 bits per heavy atom. The predicted molar refractivity (Wildman–Crippen MR) is 45.1 cm³/mol. The van der Waals surface area contributed by atoms with Gasteiger partial charge in [-0.15, -0.1) is 0 Å². The highest BCUT2D eigenvalue weighted by molar-refractivity contribution is 7.80. The van der Waals surface area contributed by atoms with Crippen molar-refractivity contribution in [2.75, 3.05) is 0 Å². The number of hydrogen-bond donors (Lipinski definition) is 1. The van der Waals surface area contributed by atoms with E-state index >= 15 is 0 Å². The van der Waals surface area contributed by atoms with E-state index in [9.17, 15) is 0 Å². The van der Waals surface area contributed by atoms with Gasteiger partial charge in [0.05, 0.1) is 0 Å². The maximum Gasteiger partial charge on any atom is 0.129 e. The molecule has 0 bridgehead atoms. The monoisotopic (exact) mass is 172 g/mol. The van der Waals surface area contributed by atoms with Gasteiger partial charge in [0.25, 0.3) is 0 Å². The molecule has 1 aromatic heterocycles. The van der Waals surface area contributed by atoms with E-state index in [0.717, 1.165) is 5.56 Å². The lowest BCUT2D eigenvalue weighted by molar-refractivity contribution is 1.32. The van der Waals surface area contributed by atoms with E-state index in [1.54, 1.807) is 18.3 Å². The third-order valence-electron chi connectivity index (χ3n) is 1.01. The Bertz CT molecular complexity index is 262. The van der Waals surface area contributed by atoms with Crippen molar-refractivity contribution in [3.05, 3.63) is 29.0 Å². The molecule has 0 spiro atoms. The van der Waals surface area contributed by atoms with Crippen molar-refractivity contribution >= 4 is 28.8 Å². The van der Waals surface area contributed by atoms with Crippen molar-refractivity contribution in [2.45, 2.75) is 0 Å². The summed E-state index contributed by atoms with van der Waals surface area (Å²) in [5.41, 5.74) is 6.07. The van der Waals surface area contributed by atoms with Gasteiger partial charge in [0.2, 0.25) is 0 Å². The lowest BCUT2D eigenvalue weighted by Gasteiger charge is -1.95. The molecular weight excluding hydrogens is 168 g/mol. The fourth-order valence-corrected chi connectivity index (χ4v) is 0.857. The molecular formula is C6H5ClN2S. The van der Waals surface area contributed by atoms with E-state index in [4.69, 9.17) is 29.6 Å². The van der Waals surface area contributed by atoms with Crippen molar-refractivity contribution in [3.8, 4) is 0 Å². The normalized spacial score (nSPS) is 9.30. The van der Waals surface area contributed by atoms with E-state index in [1.807, 2.05) is 0 Å². The average Bonchev–Trinajstić information content (AvgIpc) is 1.88. The third-order valence-corrected chi connectivity index (χ3v) is 1.45. The highest BCUT2D eigenvalue weighted by Gasteiger charge is 1.95. The molecule has 0 radical (unpaired) electrons. The number of thiocarbonyl (C=S) groups is 1. The van der Waals surface area contributed by atoms with E-state index in [1.165, 1.54) is 0 Å². The maximum atomic E-state index is 5.56. The molecule has 1 rings (SSSR count). The summed E-state index contributed by atoms with van der Waals surface area (Å²) < 4.78 is 0. The number of halogens is 1. The summed E-state index contributed by atoms with van der Waals surface area (Å²) in [6.07, 6.45) is 1.57. The summed E-state index contributed by atoms with van der Waals surface area (Å²) in [6, 6.07) is 3.35. The first-order chi connectivity index (χ1) is 4.70. The Labute approximate surface area is 69.0 Å². The molecule has 2 N–H and O–H groups in total. The molecule has 0 aliphatic heterocycles. The molecule has 0 aliphatic carbocycles. The first kappa shape index (κ1) is 7.44. The largest absolute Gasteiger partial charge is 0.389 e. The van der Waals surface area contributed by atoms with Crippen LogP contribution < -0.4 is 5.73 Å². The fourth-order valence-electron chi connectivity index (χ4n) is 0.556. The quantitative estimate of drug-likeness (QED) is 0.514. The third kappa shape index (κ3) is 1.65. The van der Waals surface area contributed by atoms with Crippen molar-refractivity contribution in [1.29, 1.82) is 0 Å². The van der Waals surface area contributed by atoms with Gasteiger partial charge in [0.15, 0.2) is 0 Å². The SMILES string of the molecule is NC(=S)c1ccnc(Cl)c1. The van der Waals surface area contributed by atoms with Crippen LogP contribution in [0.15, 0.2) is 18.3 Å². The Kier molecular flexibility index (Phi) is 2.19. The Morgan fingerprint density at radius 3 is 2.80 bits per heavy atom. The molecule has 2 nitrogen and oxygen atoms in total. The summed E-state index contributed by atoms with van der Waals surface area (Å²) in [5.74, 6) is 0. The van der Waals surface area contributed by atoms with Crippen molar-refractivity contribution in [2.24, 2.45) is 5.73 Å². The van der Waals surface area contributed by atoms with Gasteiger partial charge in [-0.2, -0.15) is 0 Å². The zero-order chi connectivity index (χ0) is 7.56. The molecule has 52 valence electrons. The molecule has 4 heteroatoms. The number of nitrogens with zero attached hydrogens (tertiary/aromatic N) is 1.